The van der Waals surface area contributed by atoms with Crippen molar-refractivity contribution in [1.29, 1.82) is 0 Å². The van der Waals surface area contributed by atoms with Crippen LogP contribution in [0.4, 0.5) is 0 Å². The Morgan fingerprint density at radius 1 is 1.45 bits per heavy atom. The van der Waals surface area contributed by atoms with E-state index in [9.17, 15) is 0 Å². The summed E-state index contributed by atoms with van der Waals surface area (Å²) in [6.45, 7) is 5.23. The molecule has 1 atom stereocenters. The maximum Gasteiger partial charge on any atom is 0.241 e. The van der Waals surface area contributed by atoms with Crippen molar-refractivity contribution in [3.63, 3.8) is 0 Å². The molecule has 0 radical (unpaired) electrons. The predicted molar refractivity (Wildman–Crippen MR) is 78.1 cm³/mol. The quantitative estimate of drug-likeness (QED) is 0.861. The maximum atomic E-state index is 5.42. The number of aromatic nitrogens is 2. The highest BCUT2D eigenvalue weighted by Gasteiger charge is 2.21. The van der Waals surface area contributed by atoms with Crippen LogP contribution in [-0.4, -0.2) is 40.8 Å². The van der Waals surface area contributed by atoms with E-state index in [1.165, 1.54) is 0 Å². The first-order valence-electron chi connectivity index (χ1n) is 6.63. The van der Waals surface area contributed by atoms with Gasteiger partial charge in [0.15, 0.2) is 0 Å². The van der Waals surface area contributed by atoms with E-state index in [1.807, 2.05) is 24.3 Å². The minimum Gasteiger partial charge on any atom is -0.379 e. The SMILES string of the molecule is C[C@@H]1COCCN1Cc1nc(-c2cccc(Br)c2)no1. The van der Waals surface area contributed by atoms with Crippen molar-refractivity contribution >= 4 is 15.9 Å². The van der Waals surface area contributed by atoms with Gasteiger partial charge in [-0.2, -0.15) is 4.98 Å². The summed E-state index contributed by atoms with van der Waals surface area (Å²) in [5, 5.41) is 4.05. The molecule has 0 aliphatic carbocycles. The molecule has 1 aromatic carbocycles. The van der Waals surface area contributed by atoms with Gasteiger partial charge < -0.3 is 9.26 Å². The van der Waals surface area contributed by atoms with Crippen LogP contribution in [0, 0.1) is 0 Å². The fourth-order valence-electron chi connectivity index (χ4n) is 2.23. The molecule has 5 nitrogen and oxygen atoms in total. The second-order valence-electron chi connectivity index (χ2n) is 4.92. The van der Waals surface area contributed by atoms with Gasteiger partial charge in [0, 0.05) is 22.6 Å². The van der Waals surface area contributed by atoms with Crippen molar-refractivity contribution < 1.29 is 9.26 Å². The average Bonchev–Trinajstić information content (AvgIpc) is 2.90. The van der Waals surface area contributed by atoms with Crippen LogP contribution in [0.2, 0.25) is 0 Å². The van der Waals surface area contributed by atoms with E-state index in [1.54, 1.807) is 0 Å². The molecule has 3 rings (SSSR count). The van der Waals surface area contributed by atoms with Gasteiger partial charge in [0.1, 0.15) is 0 Å². The van der Waals surface area contributed by atoms with Crippen LogP contribution in [0.15, 0.2) is 33.3 Å². The van der Waals surface area contributed by atoms with E-state index in [2.05, 4.69) is 37.9 Å². The first kappa shape index (κ1) is 13.7. The predicted octanol–water partition coefficient (Wildman–Crippen LogP) is 2.72. The van der Waals surface area contributed by atoms with Crippen molar-refractivity contribution in [2.75, 3.05) is 19.8 Å². The number of halogens is 1. The Kier molecular flexibility index (Phi) is 4.14. The Morgan fingerprint density at radius 2 is 2.35 bits per heavy atom. The Labute approximate surface area is 126 Å². The Bertz CT molecular complexity index is 587. The number of benzene rings is 1. The van der Waals surface area contributed by atoms with Gasteiger partial charge in [-0.3, -0.25) is 4.90 Å². The lowest BCUT2D eigenvalue weighted by atomic mass is 10.2. The van der Waals surface area contributed by atoms with Gasteiger partial charge in [0.2, 0.25) is 11.7 Å². The van der Waals surface area contributed by atoms with E-state index in [4.69, 9.17) is 9.26 Å². The molecule has 6 heteroatoms. The largest absolute Gasteiger partial charge is 0.379 e. The standard InChI is InChI=1S/C14H16BrN3O2/c1-10-9-19-6-5-18(10)8-13-16-14(17-20-13)11-3-2-4-12(15)7-11/h2-4,7,10H,5-6,8-9H2,1H3/t10-/m1/s1. The molecule has 1 saturated heterocycles. The molecule has 1 aliphatic heterocycles. The molecule has 2 aromatic rings. The van der Waals surface area contributed by atoms with Crippen LogP contribution in [0.5, 0.6) is 0 Å². The van der Waals surface area contributed by atoms with Crippen LogP contribution in [0.25, 0.3) is 11.4 Å². The molecule has 0 unspecified atom stereocenters. The molecule has 20 heavy (non-hydrogen) atoms. The summed E-state index contributed by atoms with van der Waals surface area (Å²) in [7, 11) is 0. The summed E-state index contributed by atoms with van der Waals surface area (Å²) in [5.41, 5.74) is 0.949. The zero-order chi connectivity index (χ0) is 13.9. The molecule has 0 bridgehead atoms. The Morgan fingerprint density at radius 3 is 3.15 bits per heavy atom. The summed E-state index contributed by atoms with van der Waals surface area (Å²) < 4.78 is 11.8. The van der Waals surface area contributed by atoms with E-state index >= 15 is 0 Å². The lowest BCUT2D eigenvalue weighted by Crippen LogP contribution is -2.42. The second kappa shape index (κ2) is 6.03. The maximum absolute atomic E-state index is 5.42. The zero-order valence-corrected chi connectivity index (χ0v) is 12.8. The van der Waals surface area contributed by atoms with Crippen LogP contribution in [0.1, 0.15) is 12.8 Å². The van der Waals surface area contributed by atoms with Gasteiger partial charge in [-0.15, -0.1) is 0 Å². The third-order valence-corrected chi connectivity index (χ3v) is 3.89. The molecule has 0 N–H and O–H groups in total. The highest BCUT2D eigenvalue weighted by atomic mass is 79.9. The smallest absolute Gasteiger partial charge is 0.241 e. The fourth-order valence-corrected chi connectivity index (χ4v) is 2.63. The summed E-state index contributed by atoms with van der Waals surface area (Å²) in [6, 6.07) is 8.26. The van der Waals surface area contributed by atoms with Crippen LogP contribution >= 0.6 is 15.9 Å². The van der Waals surface area contributed by atoms with Gasteiger partial charge in [-0.05, 0) is 19.1 Å². The number of nitrogens with zero attached hydrogens (tertiary/aromatic N) is 3. The Hall–Kier alpha value is -1.24. The first-order chi connectivity index (χ1) is 9.72. The third kappa shape index (κ3) is 3.08. The van der Waals surface area contributed by atoms with E-state index < -0.39 is 0 Å². The van der Waals surface area contributed by atoms with Crippen molar-refractivity contribution in [3.05, 3.63) is 34.6 Å². The molecular formula is C14H16BrN3O2. The molecule has 1 fully saturated rings. The molecule has 1 aliphatic rings. The van der Waals surface area contributed by atoms with Crippen molar-refractivity contribution in [2.24, 2.45) is 0 Å². The molecular weight excluding hydrogens is 322 g/mol. The molecule has 0 saturated carbocycles. The number of ether oxygens (including phenoxy) is 1. The summed E-state index contributed by atoms with van der Waals surface area (Å²) in [6.07, 6.45) is 0. The number of hydrogen-bond acceptors (Lipinski definition) is 5. The normalized spacial score (nSPS) is 20.2. The molecule has 106 valence electrons. The highest BCUT2D eigenvalue weighted by Crippen LogP contribution is 2.21. The number of morpholine rings is 1. The van der Waals surface area contributed by atoms with Gasteiger partial charge in [0.25, 0.3) is 0 Å². The van der Waals surface area contributed by atoms with Crippen LogP contribution in [-0.2, 0) is 11.3 Å². The lowest BCUT2D eigenvalue weighted by Gasteiger charge is -2.31. The monoisotopic (exact) mass is 337 g/mol. The summed E-state index contributed by atoms with van der Waals surface area (Å²) in [5.74, 6) is 1.27. The lowest BCUT2D eigenvalue weighted by molar-refractivity contribution is -0.00852. The number of rotatable bonds is 3. The first-order valence-corrected chi connectivity index (χ1v) is 7.42. The minimum atomic E-state index is 0.380. The topological polar surface area (TPSA) is 51.4 Å². The minimum absolute atomic E-state index is 0.380. The van der Waals surface area contributed by atoms with Crippen LogP contribution in [0.3, 0.4) is 0 Å². The summed E-state index contributed by atoms with van der Waals surface area (Å²) in [4.78, 5) is 6.76. The van der Waals surface area contributed by atoms with E-state index in [0.717, 1.165) is 29.8 Å². The van der Waals surface area contributed by atoms with Gasteiger partial charge in [-0.1, -0.05) is 33.2 Å². The third-order valence-electron chi connectivity index (χ3n) is 3.39. The molecule has 0 amide bonds. The van der Waals surface area contributed by atoms with Gasteiger partial charge >= 0.3 is 0 Å². The van der Waals surface area contributed by atoms with Crippen molar-refractivity contribution in [2.45, 2.75) is 19.5 Å². The fraction of sp³-hybridized carbons (Fsp3) is 0.429. The van der Waals surface area contributed by atoms with Crippen molar-refractivity contribution in [3.8, 4) is 11.4 Å². The molecule has 0 spiro atoms. The number of hydrogen-bond donors (Lipinski definition) is 0. The zero-order valence-electron chi connectivity index (χ0n) is 11.3. The van der Waals surface area contributed by atoms with E-state index in [0.29, 0.717) is 24.3 Å². The van der Waals surface area contributed by atoms with Gasteiger partial charge in [-0.25, -0.2) is 0 Å². The van der Waals surface area contributed by atoms with Crippen LogP contribution < -0.4 is 0 Å². The summed E-state index contributed by atoms with van der Waals surface area (Å²) >= 11 is 3.45. The molecule has 1 aromatic heterocycles. The van der Waals surface area contributed by atoms with Gasteiger partial charge in [0.05, 0.1) is 19.8 Å². The molecule has 2 heterocycles. The van der Waals surface area contributed by atoms with E-state index in [-0.39, 0.29) is 0 Å². The van der Waals surface area contributed by atoms with Crippen molar-refractivity contribution in [1.82, 2.24) is 15.0 Å². The second-order valence-corrected chi connectivity index (χ2v) is 5.83. The highest BCUT2D eigenvalue weighted by molar-refractivity contribution is 9.10. The average molecular weight is 338 g/mol. The Balaban J connectivity index is 1.73.